The highest BCUT2D eigenvalue weighted by molar-refractivity contribution is 5.93. The first kappa shape index (κ1) is 14.0. The number of hydrogen-bond donors (Lipinski definition) is 2. The Kier molecular flexibility index (Phi) is 4.34. The summed E-state index contributed by atoms with van der Waals surface area (Å²) in [5, 5.41) is 20.6. The molecule has 3 N–H and O–H groups in total. The molecule has 2 rings (SSSR count). The van der Waals surface area contributed by atoms with E-state index in [1.54, 1.807) is 6.07 Å². The highest BCUT2D eigenvalue weighted by Crippen LogP contribution is 2.24. The molecule has 1 aliphatic carbocycles. The zero-order valence-electron chi connectivity index (χ0n) is 11.1. The highest BCUT2D eigenvalue weighted by Gasteiger charge is 2.28. The van der Waals surface area contributed by atoms with Crippen molar-refractivity contribution in [3.8, 4) is 12.1 Å². The third kappa shape index (κ3) is 2.96. The van der Waals surface area contributed by atoms with E-state index in [4.69, 9.17) is 16.3 Å². The summed E-state index contributed by atoms with van der Waals surface area (Å²) < 4.78 is 0. The van der Waals surface area contributed by atoms with Gasteiger partial charge in [-0.3, -0.25) is 4.79 Å². The zero-order valence-corrected chi connectivity index (χ0v) is 11.1. The summed E-state index contributed by atoms with van der Waals surface area (Å²) in [5.74, 6) is -0.282. The first-order chi connectivity index (χ1) is 9.65. The number of anilines is 1. The Morgan fingerprint density at radius 1 is 1.20 bits per heavy atom. The molecule has 1 aromatic rings. The smallest absolute Gasteiger partial charge is 0.229 e. The van der Waals surface area contributed by atoms with Crippen LogP contribution >= 0.6 is 0 Å². The molecule has 1 aromatic carbocycles. The summed E-state index contributed by atoms with van der Waals surface area (Å²) in [6, 6.07) is 8.48. The van der Waals surface area contributed by atoms with Gasteiger partial charge in [-0.2, -0.15) is 10.5 Å². The topological polar surface area (TPSA) is 103 Å². The van der Waals surface area contributed by atoms with Crippen molar-refractivity contribution in [2.24, 2.45) is 11.7 Å². The molecule has 20 heavy (non-hydrogen) atoms. The van der Waals surface area contributed by atoms with Gasteiger partial charge in [0.1, 0.15) is 12.1 Å². The van der Waals surface area contributed by atoms with Crippen LogP contribution in [0, 0.1) is 28.6 Å². The average Bonchev–Trinajstić information content (AvgIpc) is 2.47. The van der Waals surface area contributed by atoms with Crippen LogP contribution in [-0.2, 0) is 4.79 Å². The zero-order chi connectivity index (χ0) is 14.5. The van der Waals surface area contributed by atoms with Crippen LogP contribution in [0.2, 0.25) is 0 Å². The van der Waals surface area contributed by atoms with Crippen LogP contribution in [0.25, 0.3) is 0 Å². The van der Waals surface area contributed by atoms with Crippen molar-refractivity contribution in [1.29, 1.82) is 10.5 Å². The van der Waals surface area contributed by atoms with Crippen molar-refractivity contribution in [3.63, 3.8) is 0 Å². The van der Waals surface area contributed by atoms with Crippen molar-refractivity contribution in [2.45, 2.75) is 31.7 Å². The van der Waals surface area contributed by atoms with Gasteiger partial charge in [0.25, 0.3) is 0 Å². The summed E-state index contributed by atoms with van der Waals surface area (Å²) in [6.07, 6.45) is 3.76. The molecule has 0 heterocycles. The maximum absolute atomic E-state index is 12.2. The Morgan fingerprint density at radius 3 is 2.55 bits per heavy atom. The third-order valence-corrected chi connectivity index (χ3v) is 3.68. The van der Waals surface area contributed by atoms with E-state index in [2.05, 4.69) is 5.32 Å². The van der Waals surface area contributed by atoms with Crippen molar-refractivity contribution in [2.75, 3.05) is 5.32 Å². The minimum atomic E-state index is -0.176. The number of nitrogens with one attached hydrogen (secondary N) is 1. The molecule has 0 radical (unpaired) electrons. The number of nitrogens with zero attached hydrogens (tertiary/aromatic N) is 2. The van der Waals surface area contributed by atoms with E-state index >= 15 is 0 Å². The quantitative estimate of drug-likeness (QED) is 0.854. The van der Waals surface area contributed by atoms with E-state index in [0.717, 1.165) is 25.7 Å². The molecule has 0 spiro atoms. The minimum Gasteiger partial charge on any atom is -0.327 e. The van der Waals surface area contributed by atoms with Gasteiger partial charge >= 0.3 is 0 Å². The summed E-state index contributed by atoms with van der Waals surface area (Å²) in [6.45, 7) is 0. The number of hydrogen-bond acceptors (Lipinski definition) is 4. The number of benzene rings is 1. The van der Waals surface area contributed by atoms with Crippen molar-refractivity contribution in [1.82, 2.24) is 0 Å². The van der Waals surface area contributed by atoms with Crippen LogP contribution in [0.15, 0.2) is 18.2 Å². The molecule has 5 nitrogen and oxygen atoms in total. The van der Waals surface area contributed by atoms with Gasteiger partial charge < -0.3 is 11.1 Å². The Morgan fingerprint density at radius 2 is 1.90 bits per heavy atom. The molecule has 1 fully saturated rings. The van der Waals surface area contributed by atoms with Gasteiger partial charge in [0.05, 0.1) is 17.0 Å². The Balaban J connectivity index is 2.12. The minimum absolute atomic E-state index is 0.0995. The van der Waals surface area contributed by atoms with E-state index in [1.807, 2.05) is 12.1 Å². The largest absolute Gasteiger partial charge is 0.327 e. The molecular formula is C15H16N4O. The van der Waals surface area contributed by atoms with E-state index in [0.29, 0.717) is 11.3 Å². The van der Waals surface area contributed by atoms with Crippen LogP contribution < -0.4 is 11.1 Å². The van der Waals surface area contributed by atoms with E-state index in [1.165, 1.54) is 12.1 Å². The fraction of sp³-hybridized carbons (Fsp3) is 0.400. The monoisotopic (exact) mass is 268 g/mol. The highest BCUT2D eigenvalue weighted by atomic mass is 16.1. The maximum Gasteiger partial charge on any atom is 0.229 e. The standard InChI is InChI=1S/C15H16N4O/c16-8-10-5-6-12(7-11(10)9-17)19-15(20)13-3-1-2-4-14(13)18/h5-7,13-14H,1-4,18H2,(H,19,20). The van der Waals surface area contributed by atoms with Crippen LogP contribution in [0.3, 0.4) is 0 Å². The van der Waals surface area contributed by atoms with Crippen LogP contribution in [0.4, 0.5) is 5.69 Å². The first-order valence-corrected chi connectivity index (χ1v) is 6.66. The molecule has 2 atom stereocenters. The van der Waals surface area contributed by atoms with Gasteiger partial charge in [-0.15, -0.1) is 0 Å². The van der Waals surface area contributed by atoms with Gasteiger partial charge in [-0.05, 0) is 31.0 Å². The average molecular weight is 268 g/mol. The summed E-state index contributed by atoms with van der Waals surface area (Å²) in [7, 11) is 0. The van der Waals surface area contributed by atoms with Gasteiger partial charge in [0.2, 0.25) is 5.91 Å². The van der Waals surface area contributed by atoms with Gasteiger partial charge in [-0.1, -0.05) is 12.8 Å². The lowest BCUT2D eigenvalue weighted by Gasteiger charge is -2.27. The number of rotatable bonds is 2. The van der Waals surface area contributed by atoms with Gasteiger partial charge in [-0.25, -0.2) is 0 Å². The van der Waals surface area contributed by atoms with Crippen molar-refractivity contribution < 1.29 is 4.79 Å². The number of carbonyl (C=O) groups excluding carboxylic acids is 1. The predicted octanol–water partition coefficient (Wildman–Crippen LogP) is 1.89. The Labute approximate surface area is 118 Å². The second kappa shape index (κ2) is 6.18. The number of carbonyl (C=O) groups is 1. The summed E-state index contributed by atoms with van der Waals surface area (Å²) in [4.78, 5) is 12.2. The van der Waals surface area contributed by atoms with Crippen LogP contribution in [0.5, 0.6) is 0 Å². The number of nitriles is 2. The lowest BCUT2D eigenvalue weighted by atomic mass is 9.84. The maximum atomic E-state index is 12.2. The molecular weight excluding hydrogens is 252 g/mol. The normalized spacial score (nSPS) is 21.6. The molecule has 1 saturated carbocycles. The molecule has 102 valence electrons. The van der Waals surface area contributed by atoms with E-state index < -0.39 is 0 Å². The lowest BCUT2D eigenvalue weighted by Crippen LogP contribution is -2.40. The Bertz CT molecular complexity index is 597. The van der Waals surface area contributed by atoms with E-state index in [-0.39, 0.29) is 23.4 Å². The molecule has 5 heteroatoms. The molecule has 2 unspecified atom stereocenters. The molecule has 1 aliphatic rings. The SMILES string of the molecule is N#Cc1ccc(NC(=O)C2CCCCC2N)cc1C#N. The molecule has 0 aromatic heterocycles. The third-order valence-electron chi connectivity index (χ3n) is 3.68. The fourth-order valence-corrected chi connectivity index (χ4v) is 2.53. The second-order valence-electron chi connectivity index (χ2n) is 5.03. The van der Waals surface area contributed by atoms with Crippen molar-refractivity contribution in [3.05, 3.63) is 29.3 Å². The number of amides is 1. The second-order valence-corrected chi connectivity index (χ2v) is 5.03. The first-order valence-electron chi connectivity index (χ1n) is 6.66. The molecule has 1 amide bonds. The van der Waals surface area contributed by atoms with Gasteiger partial charge in [0, 0.05) is 11.7 Å². The fourth-order valence-electron chi connectivity index (χ4n) is 2.53. The van der Waals surface area contributed by atoms with Crippen LogP contribution in [-0.4, -0.2) is 11.9 Å². The Hall–Kier alpha value is -2.37. The lowest BCUT2D eigenvalue weighted by molar-refractivity contribution is -0.121. The predicted molar refractivity (Wildman–Crippen MR) is 74.4 cm³/mol. The van der Waals surface area contributed by atoms with E-state index in [9.17, 15) is 4.79 Å². The molecule has 0 aliphatic heterocycles. The summed E-state index contributed by atoms with van der Waals surface area (Å²) in [5.41, 5.74) is 7.08. The van der Waals surface area contributed by atoms with Crippen LogP contribution in [0.1, 0.15) is 36.8 Å². The molecule has 0 saturated heterocycles. The molecule has 0 bridgehead atoms. The van der Waals surface area contributed by atoms with Gasteiger partial charge in [0.15, 0.2) is 0 Å². The van der Waals surface area contributed by atoms with Crippen molar-refractivity contribution >= 4 is 11.6 Å². The summed E-state index contributed by atoms with van der Waals surface area (Å²) >= 11 is 0. The number of nitrogens with two attached hydrogens (primary N) is 1.